The number of Topliss-reactive ketones (excluding diaryl/α,β-unsaturated/α-hetero) is 1. The molecule has 4 nitrogen and oxygen atoms in total. The number of hydrogen-bond donors (Lipinski definition) is 0. The third kappa shape index (κ3) is 3.55. The first-order valence-corrected chi connectivity index (χ1v) is 7.21. The Kier molecular flexibility index (Phi) is 4.75. The van der Waals surface area contributed by atoms with Gasteiger partial charge in [-0.15, -0.1) is 0 Å². The summed E-state index contributed by atoms with van der Waals surface area (Å²) in [5, 5.41) is 0. The van der Waals surface area contributed by atoms with Crippen molar-refractivity contribution in [3.8, 4) is 0 Å². The zero-order valence-corrected chi connectivity index (χ0v) is 11.4. The van der Waals surface area contributed by atoms with Crippen LogP contribution < -0.4 is 0 Å². The van der Waals surface area contributed by atoms with Crippen molar-refractivity contribution >= 4 is 11.7 Å². The fraction of sp³-hybridized carbons (Fsp3) is 0.857. The monoisotopic (exact) mass is 252 g/mol. The summed E-state index contributed by atoms with van der Waals surface area (Å²) in [6.45, 7) is 6.15. The summed E-state index contributed by atoms with van der Waals surface area (Å²) in [5.74, 6) is 1.35. The highest BCUT2D eigenvalue weighted by Crippen LogP contribution is 2.19. The molecule has 0 radical (unpaired) electrons. The largest absolute Gasteiger partial charge is 0.341 e. The van der Waals surface area contributed by atoms with Crippen molar-refractivity contribution in [3.63, 3.8) is 0 Å². The van der Waals surface area contributed by atoms with E-state index < -0.39 is 0 Å². The van der Waals surface area contributed by atoms with Crippen LogP contribution in [0.2, 0.25) is 0 Å². The molecule has 0 aliphatic carbocycles. The summed E-state index contributed by atoms with van der Waals surface area (Å²) in [5.41, 5.74) is 0. The van der Waals surface area contributed by atoms with Gasteiger partial charge in [0, 0.05) is 25.9 Å². The summed E-state index contributed by atoms with van der Waals surface area (Å²) in [7, 11) is 0. The van der Waals surface area contributed by atoms with Crippen LogP contribution in [0.15, 0.2) is 0 Å². The number of carbonyl (C=O) groups excluding carboxylic acids is 2. The maximum atomic E-state index is 12.1. The van der Waals surface area contributed by atoms with Crippen molar-refractivity contribution in [2.45, 2.75) is 39.0 Å². The summed E-state index contributed by atoms with van der Waals surface area (Å²) >= 11 is 0. The van der Waals surface area contributed by atoms with Gasteiger partial charge in [-0.2, -0.15) is 0 Å². The molecular formula is C14H24N2O2. The predicted molar refractivity (Wildman–Crippen MR) is 70.3 cm³/mol. The number of nitrogens with zero attached hydrogens (tertiary/aromatic N) is 2. The fourth-order valence-corrected chi connectivity index (χ4v) is 2.85. The molecule has 2 heterocycles. The number of rotatable bonds is 3. The van der Waals surface area contributed by atoms with E-state index in [4.69, 9.17) is 0 Å². The van der Waals surface area contributed by atoms with Crippen molar-refractivity contribution in [2.75, 3.05) is 32.7 Å². The molecule has 2 rings (SSSR count). The molecule has 0 aromatic rings. The van der Waals surface area contributed by atoms with Crippen molar-refractivity contribution in [1.29, 1.82) is 0 Å². The Bertz CT molecular complexity index is 299. The molecule has 0 atom stereocenters. The summed E-state index contributed by atoms with van der Waals surface area (Å²) in [6, 6.07) is 0. The molecule has 0 spiro atoms. The smallest absolute Gasteiger partial charge is 0.236 e. The molecule has 2 saturated heterocycles. The average molecular weight is 252 g/mol. The van der Waals surface area contributed by atoms with E-state index in [1.54, 1.807) is 0 Å². The molecule has 1 amide bonds. The quantitative estimate of drug-likeness (QED) is 0.760. The Balaban J connectivity index is 1.73. The first-order valence-electron chi connectivity index (χ1n) is 7.21. The Morgan fingerprint density at radius 2 is 1.78 bits per heavy atom. The number of likely N-dealkylation sites (tertiary alicyclic amines) is 2. The van der Waals surface area contributed by atoms with Crippen LogP contribution in [0.3, 0.4) is 0 Å². The van der Waals surface area contributed by atoms with E-state index in [0.717, 1.165) is 19.0 Å². The number of carbonyl (C=O) groups is 2. The molecular weight excluding hydrogens is 228 g/mol. The average Bonchev–Trinajstić information content (AvgIpc) is 2.40. The highest BCUT2D eigenvalue weighted by atomic mass is 16.2. The Morgan fingerprint density at radius 1 is 1.17 bits per heavy atom. The zero-order valence-electron chi connectivity index (χ0n) is 11.4. The lowest BCUT2D eigenvalue weighted by molar-refractivity contribution is -0.135. The molecule has 0 unspecified atom stereocenters. The first kappa shape index (κ1) is 13.5. The van der Waals surface area contributed by atoms with Gasteiger partial charge in [0.1, 0.15) is 5.78 Å². The molecule has 0 bridgehead atoms. The van der Waals surface area contributed by atoms with E-state index in [1.165, 1.54) is 19.3 Å². The van der Waals surface area contributed by atoms with Gasteiger partial charge in [0.2, 0.25) is 5.91 Å². The first-order chi connectivity index (χ1) is 8.69. The van der Waals surface area contributed by atoms with Crippen LogP contribution in [-0.4, -0.2) is 54.2 Å². The molecule has 0 saturated carbocycles. The third-order valence-electron chi connectivity index (χ3n) is 4.32. The summed E-state index contributed by atoms with van der Waals surface area (Å²) in [4.78, 5) is 27.4. The van der Waals surface area contributed by atoms with Crippen LogP contribution in [0, 0.1) is 5.92 Å². The number of piperidine rings is 2. The number of amides is 1. The fourth-order valence-electron chi connectivity index (χ4n) is 2.85. The van der Waals surface area contributed by atoms with E-state index in [1.807, 2.05) is 4.90 Å². The second kappa shape index (κ2) is 6.32. The van der Waals surface area contributed by atoms with E-state index >= 15 is 0 Å². The second-order valence-electron chi connectivity index (χ2n) is 5.55. The lowest BCUT2D eigenvalue weighted by Crippen LogP contribution is -2.46. The number of ketones is 1. The highest BCUT2D eigenvalue weighted by Gasteiger charge is 2.24. The zero-order chi connectivity index (χ0) is 13.0. The normalized spacial score (nSPS) is 23.4. The minimum Gasteiger partial charge on any atom is -0.341 e. The van der Waals surface area contributed by atoms with Gasteiger partial charge < -0.3 is 4.90 Å². The molecule has 2 aliphatic rings. The molecule has 0 N–H and O–H groups in total. The molecule has 0 aromatic heterocycles. The third-order valence-corrected chi connectivity index (χ3v) is 4.32. The molecule has 0 aromatic carbocycles. The minimum atomic E-state index is 0.206. The van der Waals surface area contributed by atoms with Gasteiger partial charge >= 0.3 is 0 Å². The Hall–Kier alpha value is -0.900. The SMILES string of the molecule is CCC1CCN(CC(=O)N2CCC(=O)CC2)CC1. The number of hydrogen-bond acceptors (Lipinski definition) is 3. The van der Waals surface area contributed by atoms with Crippen molar-refractivity contribution in [3.05, 3.63) is 0 Å². The van der Waals surface area contributed by atoms with Gasteiger partial charge in [-0.3, -0.25) is 14.5 Å². The van der Waals surface area contributed by atoms with Crippen molar-refractivity contribution < 1.29 is 9.59 Å². The lowest BCUT2D eigenvalue weighted by Gasteiger charge is -2.33. The van der Waals surface area contributed by atoms with E-state index in [-0.39, 0.29) is 5.91 Å². The van der Waals surface area contributed by atoms with Gasteiger partial charge in [0.25, 0.3) is 0 Å². The van der Waals surface area contributed by atoms with Crippen LogP contribution >= 0.6 is 0 Å². The second-order valence-corrected chi connectivity index (χ2v) is 5.55. The van der Waals surface area contributed by atoms with Crippen LogP contribution in [-0.2, 0) is 9.59 Å². The minimum absolute atomic E-state index is 0.206. The highest BCUT2D eigenvalue weighted by molar-refractivity contribution is 5.84. The Labute approximate surface area is 109 Å². The Morgan fingerprint density at radius 3 is 2.33 bits per heavy atom. The molecule has 18 heavy (non-hydrogen) atoms. The van der Waals surface area contributed by atoms with Gasteiger partial charge in [0.05, 0.1) is 6.54 Å². The molecule has 2 fully saturated rings. The van der Waals surface area contributed by atoms with Crippen LogP contribution in [0.1, 0.15) is 39.0 Å². The van der Waals surface area contributed by atoms with E-state index in [0.29, 0.717) is 38.3 Å². The van der Waals surface area contributed by atoms with Crippen molar-refractivity contribution in [1.82, 2.24) is 9.80 Å². The molecule has 4 heteroatoms. The van der Waals surface area contributed by atoms with Crippen LogP contribution in [0.25, 0.3) is 0 Å². The maximum absolute atomic E-state index is 12.1. The lowest BCUT2D eigenvalue weighted by atomic mass is 9.94. The molecule has 2 aliphatic heterocycles. The van der Waals surface area contributed by atoms with Crippen LogP contribution in [0.4, 0.5) is 0 Å². The van der Waals surface area contributed by atoms with Gasteiger partial charge in [-0.1, -0.05) is 13.3 Å². The van der Waals surface area contributed by atoms with Gasteiger partial charge in [-0.25, -0.2) is 0 Å². The topological polar surface area (TPSA) is 40.6 Å². The summed E-state index contributed by atoms with van der Waals surface area (Å²) < 4.78 is 0. The van der Waals surface area contributed by atoms with Crippen molar-refractivity contribution in [2.24, 2.45) is 5.92 Å². The van der Waals surface area contributed by atoms with Gasteiger partial charge in [0.15, 0.2) is 0 Å². The maximum Gasteiger partial charge on any atom is 0.236 e. The van der Waals surface area contributed by atoms with E-state index in [9.17, 15) is 9.59 Å². The van der Waals surface area contributed by atoms with Gasteiger partial charge in [-0.05, 0) is 31.8 Å². The predicted octanol–water partition coefficient (Wildman–Crippen LogP) is 1.30. The molecule has 102 valence electrons. The standard InChI is InChI=1S/C14H24N2O2/c1-2-12-3-7-15(8-4-12)11-14(18)16-9-5-13(17)6-10-16/h12H,2-11H2,1H3. The summed E-state index contributed by atoms with van der Waals surface area (Å²) in [6.07, 6.45) is 4.80. The van der Waals surface area contributed by atoms with E-state index in [2.05, 4.69) is 11.8 Å². The van der Waals surface area contributed by atoms with Crippen LogP contribution in [0.5, 0.6) is 0 Å².